The van der Waals surface area contributed by atoms with Crippen LogP contribution in [0.2, 0.25) is 0 Å². The number of aromatic nitrogens is 1. The Morgan fingerprint density at radius 1 is 1.00 bits per heavy atom. The summed E-state index contributed by atoms with van der Waals surface area (Å²) in [6.07, 6.45) is 8.73. The Labute approximate surface area is 154 Å². The molecular formula is C21H25N3O2. The van der Waals surface area contributed by atoms with Crippen LogP contribution in [0.15, 0.2) is 42.6 Å². The summed E-state index contributed by atoms with van der Waals surface area (Å²) in [5.74, 6) is -0.162. The number of hydrogen-bond acceptors (Lipinski definition) is 3. The lowest BCUT2D eigenvalue weighted by Crippen LogP contribution is -2.34. The third kappa shape index (κ3) is 4.69. The molecule has 2 aromatic rings. The maximum Gasteiger partial charge on any atom is 0.251 e. The maximum absolute atomic E-state index is 12.5. The summed E-state index contributed by atoms with van der Waals surface area (Å²) in [7, 11) is 0. The van der Waals surface area contributed by atoms with Crippen LogP contribution in [0.1, 0.15) is 55.8 Å². The molecule has 1 aromatic heterocycles. The average Bonchev–Trinajstić information content (AvgIpc) is 2.90. The van der Waals surface area contributed by atoms with Gasteiger partial charge in [-0.2, -0.15) is 0 Å². The second-order valence-corrected chi connectivity index (χ2v) is 6.82. The first-order valence-corrected chi connectivity index (χ1v) is 9.27. The van der Waals surface area contributed by atoms with Gasteiger partial charge in [0.1, 0.15) is 0 Å². The summed E-state index contributed by atoms with van der Waals surface area (Å²) in [5.41, 5.74) is 2.87. The summed E-state index contributed by atoms with van der Waals surface area (Å²) in [6.45, 7) is 1.47. The second-order valence-electron chi connectivity index (χ2n) is 6.82. The van der Waals surface area contributed by atoms with E-state index in [2.05, 4.69) is 15.6 Å². The second kappa shape index (κ2) is 8.61. The van der Waals surface area contributed by atoms with E-state index in [0.717, 1.165) is 18.4 Å². The van der Waals surface area contributed by atoms with Gasteiger partial charge in [-0.1, -0.05) is 37.8 Å². The first-order valence-electron chi connectivity index (χ1n) is 9.27. The van der Waals surface area contributed by atoms with Crippen molar-refractivity contribution in [3.05, 3.63) is 48.2 Å². The minimum absolute atomic E-state index is 0.0217. The van der Waals surface area contributed by atoms with Crippen LogP contribution in [0.4, 0.5) is 5.69 Å². The predicted molar refractivity (Wildman–Crippen MR) is 103 cm³/mol. The molecule has 2 N–H and O–H groups in total. The third-order valence-corrected chi connectivity index (χ3v) is 4.73. The normalized spacial score (nSPS) is 15.1. The number of amides is 2. The molecule has 1 fully saturated rings. The van der Waals surface area contributed by atoms with Crippen molar-refractivity contribution < 1.29 is 9.59 Å². The zero-order chi connectivity index (χ0) is 18.4. The van der Waals surface area contributed by atoms with Crippen molar-refractivity contribution in [2.45, 2.75) is 51.5 Å². The van der Waals surface area contributed by atoms with Gasteiger partial charge in [-0.15, -0.1) is 0 Å². The molecule has 5 heteroatoms. The highest BCUT2D eigenvalue weighted by Crippen LogP contribution is 2.26. The Bertz CT molecular complexity index is 763. The largest absolute Gasteiger partial charge is 0.349 e. The van der Waals surface area contributed by atoms with Crippen LogP contribution in [-0.4, -0.2) is 22.8 Å². The van der Waals surface area contributed by atoms with Gasteiger partial charge in [-0.3, -0.25) is 14.6 Å². The smallest absolute Gasteiger partial charge is 0.251 e. The van der Waals surface area contributed by atoms with Crippen LogP contribution >= 0.6 is 0 Å². The van der Waals surface area contributed by atoms with Gasteiger partial charge in [-0.05, 0) is 37.1 Å². The van der Waals surface area contributed by atoms with E-state index in [-0.39, 0.29) is 17.9 Å². The summed E-state index contributed by atoms with van der Waals surface area (Å²) in [6, 6.07) is 11.2. The molecule has 3 rings (SSSR count). The van der Waals surface area contributed by atoms with E-state index >= 15 is 0 Å². The van der Waals surface area contributed by atoms with Crippen LogP contribution in [0.25, 0.3) is 11.3 Å². The molecule has 0 aliphatic heterocycles. The fraction of sp³-hybridized carbons (Fsp3) is 0.381. The van der Waals surface area contributed by atoms with E-state index in [1.165, 1.54) is 32.6 Å². The molecule has 1 saturated carbocycles. The van der Waals surface area contributed by atoms with E-state index in [9.17, 15) is 9.59 Å². The van der Waals surface area contributed by atoms with Crippen molar-refractivity contribution in [2.24, 2.45) is 0 Å². The quantitative estimate of drug-likeness (QED) is 0.813. The minimum atomic E-state index is -0.140. The lowest BCUT2D eigenvalue weighted by molar-refractivity contribution is -0.114. The number of anilines is 1. The maximum atomic E-state index is 12.5. The molecule has 1 aliphatic carbocycles. The summed E-state index contributed by atoms with van der Waals surface area (Å²) in [4.78, 5) is 28.2. The van der Waals surface area contributed by atoms with Crippen molar-refractivity contribution >= 4 is 17.5 Å². The lowest BCUT2D eigenvalue weighted by Gasteiger charge is -2.16. The van der Waals surface area contributed by atoms with Crippen molar-refractivity contribution in [1.82, 2.24) is 10.3 Å². The van der Waals surface area contributed by atoms with E-state index in [1.54, 1.807) is 12.3 Å². The fourth-order valence-corrected chi connectivity index (χ4v) is 3.40. The van der Waals surface area contributed by atoms with E-state index in [4.69, 9.17) is 0 Å². The summed E-state index contributed by atoms with van der Waals surface area (Å²) in [5, 5.41) is 5.95. The molecular weight excluding hydrogens is 326 g/mol. The van der Waals surface area contributed by atoms with Gasteiger partial charge in [0.15, 0.2) is 0 Å². The number of carbonyl (C=O) groups excluding carboxylic acids is 2. The molecule has 26 heavy (non-hydrogen) atoms. The molecule has 0 atom stereocenters. The highest BCUT2D eigenvalue weighted by Gasteiger charge is 2.16. The number of rotatable bonds is 4. The van der Waals surface area contributed by atoms with Crippen molar-refractivity contribution in [2.75, 3.05) is 5.32 Å². The first-order chi connectivity index (χ1) is 12.6. The number of nitrogens with zero attached hydrogens (tertiary/aromatic N) is 1. The molecule has 0 bridgehead atoms. The van der Waals surface area contributed by atoms with Gasteiger partial charge in [0.05, 0.1) is 11.4 Å². The Morgan fingerprint density at radius 2 is 1.69 bits per heavy atom. The minimum Gasteiger partial charge on any atom is -0.349 e. The van der Waals surface area contributed by atoms with Gasteiger partial charge < -0.3 is 10.6 Å². The number of benzene rings is 1. The van der Waals surface area contributed by atoms with E-state index in [0.29, 0.717) is 16.9 Å². The molecule has 5 nitrogen and oxygen atoms in total. The highest BCUT2D eigenvalue weighted by atomic mass is 16.2. The molecule has 0 spiro atoms. The number of nitrogens with one attached hydrogen (secondary N) is 2. The third-order valence-electron chi connectivity index (χ3n) is 4.73. The van der Waals surface area contributed by atoms with Crippen LogP contribution in [-0.2, 0) is 4.79 Å². The standard InChI is InChI=1S/C21H25N3O2/c1-15(25)23-19-9-6-14-22-20(19)16-10-12-17(13-11-16)21(26)24-18-7-4-2-3-5-8-18/h6,9-14,18H,2-5,7-8H2,1H3,(H,23,25)(H,24,26). The van der Waals surface area contributed by atoms with Crippen molar-refractivity contribution in [3.8, 4) is 11.3 Å². The monoisotopic (exact) mass is 351 g/mol. The predicted octanol–water partition coefficient (Wildman–Crippen LogP) is 4.16. The van der Waals surface area contributed by atoms with Gasteiger partial charge in [-0.25, -0.2) is 0 Å². The molecule has 1 aromatic carbocycles. The topological polar surface area (TPSA) is 71.1 Å². The first kappa shape index (κ1) is 18.1. The zero-order valence-corrected chi connectivity index (χ0v) is 15.1. The van der Waals surface area contributed by atoms with Gasteiger partial charge in [0.2, 0.25) is 5.91 Å². The Balaban J connectivity index is 1.72. The number of hydrogen-bond donors (Lipinski definition) is 2. The van der Waals surface area contributed by atoms with Crippen molar-refractivity contribution in [3.63, 3.8) is 0 Å². The van der Waals surface area contributed by atoms with Gasteiger partial charge in [0.25, 0.3) is 5.91 Å². The fourth-order valence-electron chi connectivity index (χ4n) is 3.40. The number of carbonyl (C=O) groups is 2. The molecule has 2 amide bonds. The molecule has 0 saturated heterocycles. The summed E-state index contributed by atoms with van der Waals surface area (Å²) < 4.78 is 0. The van der Waals surface area contributed by atoms with Crippen molar-refractivity contribution in [1.29, 1.82) is 0 Å². The average molecular weight is 351 g/mol. The summed E-state index contributed by atoms with van der Waals surface area (Å²) >= 11 is 0. The molecule has 0 unspecified atom stereocenters. The molecule has 1 aliphatic rings. The zero-order valence-electron chi connectivity index (χ0n) is 15.1. The Morgan fingerprint density at radius 3 is 2.35 bits per heavy atom. The van der Waals surface area contributed by atoms with E-state index < -0.39 is 0 Å². The van der Waals surface area contributed by atoms with Gasteiger partial charge >= 0.3 is 0 Å². The Kier molecular flexibility index (Phi) is 6.00. The van der Waals surface area contributed by atoms with Crippen LogP contribution in [0.5, 0.6) is 0 Å². The van der Waals surface area contributed by atoms with Crippen LogP contribution < -0.4 is 10.6 Å². The molecule has 136 valence electrons. The molecule has 0 radical (unpaired) electrons. The number of pyridine rings is 1. The van der Waals surface area contributed by atoms with Gasteiger partial charge in [0, 0.05) is 30.3 Å². The van der Waals surface area contributed by atoms with Crippen LogP contribution in [0.3, 0.4) is 0 Å². The SMILES string of the molecule is CC(=O)Nc1cccnc1-c1ccc(C(=O)NC2CCCCCC2)cc1. The highest BCUT2D eigenvalue weighted by molar-refractivity contribution is 5.96. The van der Waals surface area contributed by atoms with E-state index in [1.807, 2.05) is 30.3 Å². The molecule has 1 heterocycles. The Hall–Kier alpha value is -2.69. The van der Waals surface area contributed by atoms with Crippen LogP contribution in [0, 0.1) is 0 Å². The lowest BCUT2D eigenvalue weighted by atomic mass is 10.1.